The first kappa shape index (κ1) is 19.1. The molecule has 2 aromatic rings. The Balaban J connectivity index is 1.54. The number of imide groups is 1. The van der Waals surface area contributed by atoms with E-state index in [9.17, 15) is 18.8 Å². The highest BCUT2D eigenvalue weighted by atomic mass is 19.1. The van der Waals surface area contributed by atoms with Crippen LogP contribution in [0.15, 0.2) is 54.6 Å². The zero-order valence-electron chi connectivity index (χ0n) is 16.2. The number of piperidine rings is 1. The van der Waals surface area contributed by atoms with E-state index in [0.29, 0.717) is 38.0 Å². The number of likely N-dealkylation sites (tertiary alicyclic amines) is 1. The van der Waals surface area contributed by atoms with Crippen molar-refractivity contribution in [1.82, 2.24) is 14.7 Å². The van der Waals surface area contributed by atoms with Gasteiger partial charge in [0.15, 0.2) is 0 Å². The van der Waals surface area contributed by atoms with Gasteiger partial charge in [-0.3, -0.25) is 14.5 Å². The minimum Gasteiger partial charge on any atom is -0.338 e. The van der Waals surface area contributed by atoms with Crippen LogP contribution in [-0.4, -0.2) is 58.2 Å². The van der Waals surface area contributed by atoms with Gasteiger partial charge in [-0.2, -0.15) is 0 Å². The third-order valence-electron chi connectivity index (χ3n) is 5.89. The molecule has 2 aromatic carbocycles. The van der Waals surface area contributed by atoms with Crippen molar-refractivity contribution in [2.45, 2.75) is 24.9 Å². The van der Waals surface area contributed by atoms with Crippen LogP contribution in [-0.2, 0) is 11.3 Å². The molecule has 0 saturated carbocycles. The summed E-state index contributed by atoms with van der Waals surface area (Å²) in [6.07, 6.45) is 0.753. The van der Waals surface area contributed by atoms with Gasteiger partial charge in [-0.25, -0.2) is 9.18 Å². The molecule has 2 saturated heterocycles. The van der Waals surface area contributed by atoms with E-state index >= 15 is 0 Å². The number of nitrogens with zero attached hydrogens (tertiary/aromatic N) is 3. The predicted molar refractivity (Wildman–Crippen MR) is 104 cm³/mol. The third kappa shape index (κ3) is 3.26. The van der Waals surface area contributed by atoms with Crippen molar-refractivity contribution in [3.63, 3.8) is 0 Å². The monoisotopic (exact) mass is 395 g/mol. The molecule has 1 spiro atoms. The average Bonchev–Trinajstić information content (AvgIpc) is 2.91. The maximum atomic E-state index is 13.1. The van der Waals surface area contributed by atoms with Crippen LogP contribution in [0.25, 0.3) is 0 Å². The zero-order chi connectivity index (χ0) is 20.6. The molecule has 6 nitrogen and oxygen atoms in total. The zero-order valence-corrected chi connectivity index (χ0v) is 16.2. The van der Waals surface area contributed by atoms with Crippen LogP contribution in [0, 0.1) is 5.82 Å². The van der Waals surface area contributed by atoms with E-state index in [0.717, 1.165) is 5.56 Å². The van der Waals surface area contributed by atoms with E-state index in [-0.39, 0.29) is 17.8 Å². The number of rotatable bonds is 3. The lowest BCUT2D eigenvalue weighted by Gasteiger charge is -2.42. The first-order chi connectivity index (χ1) is 13.9. The minimum atomic E-state index is -0.929. The Morgan fingerprint density at radius 2 is 1.62 bits per heavy atom. The molecule has 0 aromatic heterocycles. The van der Waals surface area contributed by atoms with Crippen LogP contribution >= 0.6 is 0 Å². The Labute approximate surface area is 168 Å². The summed E-state index contributed by atoms with van der Waals surface area (Å²) in [5, 5.41) is 0. The van der Waals surface area contributed by atoms with Gasteiger partial charge in [0.1, 0.15) is 11.4 Å². The number of benzene rings is 2. The molecule has 4 amide bonds. The fourth-order valence-electron chi connectivity index (χ4n) is 4.20. The molecule has 0 atom stereocenters. The Kier molecular flexibility index (Phi) is 4.82. The van der Waals surface area contributed by atoms with Gasteiger partial charge >= 0.3 is 6.03 Å². The maximum absolute atomic E-state index is 13.1. The maximum Gasteiger partial charge on any atom is 0.327 e. The average molecular weight is 395 g/mol. The molecule has 150 valence electrons. The van der Waals surface area contributed by atoms with Crippen molar-refractivity contribution in [2.75, 3.05) is 20.1 Å². The molecular formula is C22H22FN3O3. The summed E-state index contributed by atoms with van der Waals surface area (Å²) in [6.45, 7) is 1.06. The SMILES string of the molecule is CN1C(=O)N(Cc2ccccc2)C2(CCN(C(=O)c3ccc(F)cc3)CC2)C1=O. The number of amides is 4. The summed E-state index contributed by atoms with van der Waals surface area (Å²) < 4.78 is 13.1. The Morgan fingerprint density at radius 3 is 2.24 bits per heavy atom. The summed E-state index contributed by atoms with van der Waals surface area (Å²) in [7, 11) is 1.51. The molecule has 0 N–H and O–H groups in total. The summed E-state index contributed by atoms with van der Waals surface area (Å²) in [5.74, 6) is -0.805. The second-order valence-corrected chi connectivity index (χ2v) is 7.55. The Hall–Kier alpha value is -3.22. The summed E-state index contributed by atoms with van der Waals surface area (Å²) in [5.41, 5.74) is 0.434. The second-order valence-electron chi connectivity index (χ2n) is 7.55. The number of carbonyl (C=O) groups excluding carboxylic acids is 3. The Bertz CT molecular complexity index is 938. The third-order valence-corrected chi connectivity index (χ3v) is 5.89. The summed E-state index contributed by atoms with van der Waals surface area (Å²) >= 11 is 0. The number of hydrogen-bond donors (Lipinski definition) is 0. The van der Waals surface area contributed by atoms with Crippen LogP contribution in [0.5, 0.6) is 0 Å². The molecule has 0 unspecified atom stereocenters. The van der Waals surface area contributed by atoms with Gasteiger partial charge in [0.2, 0.25) is 0 Å². The van der Waals surface area contributed by atoms with E-state index in [2.05, 4.69) is 0 Å². The van der Waals surface area contributed by atoms with E-state index in [1.165, 1.54) is 36.2 Å². The molecule has 2 fully saturated rings. The second kappa shape index (κ2) is 7.31. The van der Waals surface area contributed by atoms with Crippen molar-refractivity contribution >= 4 is 17.8 Å². The molecule has 0 aliphatic carbocycles. The fourth-order valence-corrected chi connectivity index (χ4v) is 4.20. The smallest absolute Gasteiger partial charge is 0.327 e. The fraction of sp³-hybridized carbons (Fsp3) is 0.318. The molecule has 29 heavy (non-hydrogen) atoms. The lowest BCUT2D eigenvalue weighted by Crippen LogP contribution is -2.57. The number of urea groups is 1. The molecular weight excluding hydrogens is 373 g/mol. The first-order valence-corrected chi connectivity index (χ1v) is 9.61. The standard InChI is InChI=1S/C22H22FN3O3/c1-24-20(28)22(26(21(24)29)15-16-5-3-2-4-6-16)11-13-25(14-12-22)19(27)17-7-9-18(23)10-8-17/h2-10H,11-15H2,1H3. The van der Waals surface area contributed by atoms with Crippen molar-refractivity contribution in [2.24, 2.45) is 0 Å². The van der Waals surface area contributed by atoms with E-state index < -0.39 is 11.4 Å². The normalized spacial score (nSPS) is 18.6. The van der Waals surface area contributed by atoms with Gasteiger partial charge < -0.3 is 9.80 Å². The van der Waals surface area contributed by atoms with Crippen LogP contribution in [0.2, 0.25) is 0 Å². The van der Waals surface area contributed by atoms with Crippen molar-refractivity contribution < 1.29 is 18.8 Å². The predicted octanol–water partition coefficient (Wildman–Crippen LogP) is 2.89. The largest absolute Gasteiger partial charge is 0.338 e. The molecule has 0 radical (unpaired) electrons. The lowest BCUT2D eigenvalue weighted by atomic mass is 9.85. The molecule has 2 aliphatic heterocycles. The highest BCUT2D eigenvalue weighted by Crippen LogP contribution is 2.38. The molecule has 2 aliphatic rings. The first-order valence-electron chi connectivity index (χ1n) is 9.61. The number of likely N-dealkylation sites (N-methyl/N-ethyl adjacent to an activating group) is 1. The molecule has 0 bridgehead atoms. The van der Waals surface area contributed by atoms with Gasteiger partial charge in [-0.1, -0.05) is 30.3 Å². The minimum absolute atomic E-state index is 0.195. The van der Waals surface area contributed by atoms with Crippen molar-refractivity contribution in [3.05, 3.63) is 71.5 Å². The van der Waals surface area contributed by atoms with E-state index in [1.807, 2.05) is 30.3 Å². The van der Waals surface area contributed by atoms with Gasteiger partial charge in [0, 0.05) is 32.2 Å². The highest BCUT2D eigenvalue weighted by molar-refractivity contribution is 6.07. The van der Waals surface area contributed by atoms with E-state index in [4.69, 9.17) is 0 Å². The Morgan fingerprint density at radius 1 is 1.00 bits per heavy atom. The van der Waals surface area contributed by atoms with Gasteiger partial charge in [-0.15, -0.1) is 0 Å². The quantitative estimate of drug-likeness (QED) is 0.751. The van der Waals surface area contributed by atoms with Gasteiger partial charge in [0.05, 0.1) is 0 Å². The summed E-state index contributed by atoms with van der Waals surface area (Å²) in [6, 6.07) is 14.7. The topological polar surface area (TPSA) is 60.9 Å². The molecule has 2 heterocycles. The molecule has 4 rings (SSSR count). The highest BCUT2D eigenvalue weighted by Gasteiger charge is 2.57. The van der Waals surface area contributed by atoms with Crippen molar-refractivity contribution in [3.8, 4) is 0 Å². The van der Waals surface area contributed by atoms with Gasteiger partial charge in [0.25, 0.3) is 11.8 Å². The van der Waals surface area contributed by atoms with E-state index in [1.54, 1.807) is 9.80 Å². The summed E-state index contributed by atoms with van der Waals surface area (Å²) in [4.78, 5) is 43.0. The lowest BCUT2D eigenvalue weighted by molar-refractivity contribution is -0.134. The molecule has 7 heteroatoms. The van der Waals surface area contributed by atoms with Crippen LogP contribution < -0.4 is 0 Å². The van der Waals surface area contributed by atoms with Crippen LogP contribution in [0.4, 0.5) is 9.18 Å². The van der Waals surface area contributed by atoms with Crippen LogP contribution in [0.3, 0.4) is 0 Å². The number of carbonyl (C=O) groups is 3. The van der Waals surface area contributed by atoms with Gasteiger partial charge in [-0.05, 0) is 42.7 Å². The number of hydrogen-bond acceptors (Lipinski definition) is 3. The van der Waals surface area contributed by atoms with Crippen molar-refractivity contribution in [1.29, 1.82) is 0 Å². The van der Waals surface area contributed by atoms with Crippen LogP contribution in [0.1, 0.15) is 28.8 Å². The number of halogens is 1.